The zero-order valence-corrected chi connectivity index (χ0v) is 13.8. The molecular formula is C16H22N2O5. The highest BCUT2D eigenvalue weighted by Gasteiger charge is 2.14. The third-order valence-electron chi connectivity index (χ3n) is 2.81. The standard InChI is InChI=1S/C16H22N2O5/c1-10(2)17-16(21)18-14(19)9-23-15(20)8-12-7-11(3)5-6-13(12)22-4/h5-7,10H,8-9H2,1-4H3,(H2,17,18,19,21). The van der Waals surface area contributed by atoms with Gasteiger partial charge in [0.25, 0.3) is 5.91 Å². The van der Waals surface area contributed by atoms with Crippen LogP contribution >= 0.6 is 0 Å². The first-order valence-electron chi connectivity index (χ1n) is 7.21. The Balaban J connectivity index is 2.47. The van der Waals surface area contributed by atoms with E-state index >= 15 is 0 Å². The number of nitrogens with one attached hydrogen (secondary N) is 2. The van der Waals surface area contributed by atoms with Gasteiger partial charge in [0.15, 0.2) is 6.61 Å². The molecular weight excluding hydrogens is 300 g/mol. The van der Waals surface area contributed by atoms with Crippen molar-refractivity contribution in [3.05, 3.63) is 29.3 Å². The van der Waals surface area contributed by atoms with Crippen LogP contribution in [0.5, 0.6) is 5.75 Å². The highest BCUT2D eigenvalue weighted by molar-refractivity contribution is 5.95. The van der Waals surface area contributed by atoms with Gasteiger partial charge in [-0.3, -0.25) is 14.9 Å². The second-order valence-electron chi connectivity index (χ2n) is 5.33. The normalized spacial score (nSPS) is 10.1. The minimum Gasteiger partial charge on any atom is -0.496 e. The largest absolute Gasteiger partial charge is 0.496 e. The van der Waals surface area contributed by atoms with Crippen molar-refractivity contribution in [2.24, 2.45) is 0 Å². The zero-order valence-electron chi connectivity index (χ0n) is 13.8. The lowest BCUT2D eigenvalue weighted by atomic mass is 10.1. The summed E-state index contributed by atoms with van der Waals surface area (Å²) in [7, 11) is 1.51. The fraction of sp³-hybridized carbons (Fsp3) is 0.438. The maximum absolute atomic E-state index is 11.8. The number of benzene rings is 1. The van der Waals surface area contributed by atoms with Crippen LogP contribution in [0.15, 0.2) is 18.2 Å². The van der Waals surface area contributed by atoms with Gasteiger partial charge in [0.2, 0.25) is 0 Å². The van der Waals surface area contributed by atoms with E-state index in [0.29, 0.717) is 11.3 Å². The summed E-state index contributed by atoms with van der Waals surface area (Å²) in [6, 6.07) is 4.73. The molecule has 0 aliphatic carbocycles. The minimum atomic E-state index is -0.687. The molecule has 0 spiro atoms. The van der Waals surface area contributed by atoms with Crippen molar-refractivity contribution in [1.29, 1.82) is 0 Å². The number of carbonyl (C=O) groups is 3. The summed E-state index contributed by atoms with van der Waals surface area (Å²) in [6.07, 6.45) is -0.0175. The molecule has 0 radical (unpaired) electrons. The zero-order chi connectivity index (χ0) is 17.4. The van der Waals surface area contributed by atoms with Crippen LogP contribution in [0.1, 0.15) is 25.0 Å². The summed E-state index contributed by atoms with van der Waals surface area (Å²) in [6.45, 7) is 4.91. The van der Waals surface area contributed by atoms with Gasteiger partial charge in [-0.1, -0.05) is 17.7 Å². The molecule has 0 saturated heterocycles. The van der Waals surface area contributed by atoms with Gasteiger partial charge in [-0.05, 0) is 26.8 Å². The van der Waals surface area contributed by atoms with Crippen LogP contribution in [0.2, 0.25) is 0 Å². The first-order valence-corrected chi connectivity index (χ1v) is 7.21. The molecule has 0 saturated carbocycles. The van der Waals surface area contributed by atoms with Crippen molar-refractivity contribution in [3.63, 3.8) is 0 Å². The van der Waals surface area contributed by atoms with E-state index in [4.69, 9.17) is 9.47 Å². The Kier molecular flexibility index (Phi) is 7.05. The molecule has 0 aromatic heterocycles. The fourth-order valence-corrected chi connectivity index (χ4v) is 1.86. The monoisotopic (exact) mass is 322 g/mol. The summed E-state index contributed by atoms with van der Waals surface area (Å²) in [4.78, 5) is 34.6. The molecule has 2 N–H and O–H groups in total. The van der Waals surface area contributed by atoms with E-state index in [9.17, 15) is 14.4 Å². The van der Waals surface area contributed by atoms with E-state index in [-0.39, 0.29) is 12.5 Å². The number of carbonyl (C=O) groups excluding carboxylic acids is 3. The molecule has 0 aliphatic heterocycles. The number of urea groups is 1. The van der Waals surface area contributed by atoms with E-state index in [0.717, 1.165) is 5.56 Å². The number of methoxy groups -OCH3 is 1. The van der Waals surface area contributed by atoms with Crippen LogP contribution in [0.4, 0.5) is 4.79 Å². The number of esters is 1. The molecule has 7 heteroatoms. The lowest BCUT2D eigenvalue weighted by Gasteiger charge is -2.11. The van der Waals surface area contributed by atoms with E-state index in [2.05, 4.69) is 10.6 Å². The van der Waals surface area contributed by atoms with Crippen molar-refractivity contribution in [1.82, 2.24) is 10.6 Å². The van der Waals surface area contributed by atoms with E-state index in [1.54, 1.807) is 19.9 Å². The van der Waals surface area contributed by atoms with Crippen molar-refractivity contribution < 1.29 is 23.9 Å². The summed E-state index contributed by atoms with van der Waals surface area (Å²) in [5.74, 6) is -0.686. The van der Waals surface area contributed by atoms with Gasteiger partial charge in [0, 0.05) is 11.6 Å². The van der Waals surface area contributed by atoms with Gasteiger partial charge in [0.05, 0.1) is 13.5 Å². The third kappa shape index (κ3) is 6.82. The summed E-state index contributed by atoms with van der Waals surface area (Å²) in [5, 5.41) is 4.57. The van der Waals surface area contributed by atoms with Crippen LogP contribution in [0.3, 0.4) is 0 Å². The van der Waals surface area contributed by atoms with Gasteiger partial charge < -0.3 is 14.8 Å². The Labute approximate surface area is 135 Å². The highest BCUT2D eigenvalue weighted by atomic mass is 16.5. The number of hydrogen-bond acceptors (Lipinski definition) is 5. The molecule has 0 unspecified atom stereocenters. The molecule has 1 aromatic carbocycles. The van der Waals surface area contributed by atoms with Crippen molar-refractivity contribution in [3.8, 4) is 5.75 Å². The Morgan fingerprint density at radius 3 is 2.52 bits per heavy atom. The molecule has 0 heterocycles. The fourth-order valence-electron chi connectivity index (χ4n) is 1.86. The Morgan fingerprint density at radius 2 is 1.91 bits per heavy atom. The van der Waals surface area contributed by atoms with Gasteiger partial charge in [0.1, 0.15) is 5.75 Å². The van der Waals surface area contributed by atoms with Gasteiger partial charge in [-0.25, -0.2) is 4.79 Å². The van der Waals surface area contributed by atoms with Crippen LogP contribution in [-0.2, 0) is 20.7 Å². The predicted octanol–water partition coefficient (Wildman–Crippen LogP) is 1.32. The van der Waals surface area contributed by atoms with Crippen molar-refractivity contribution in [2.75, 3.05) is 13.7 Å². The summed E-state index contributed by atoms with van der Waals surface area (Å²) < 4.78 is 10.0. The quantitative estimate of drug-likeness (QED) is 0.771. The number of amides is 3. The topological polar surface area (TPSA) is 93.7 Å². The second-order valence-corrected chi connectivity index (χ2v) is 5.33. The molecule has 0 bridgehead atoms. The number of hydrogen-bond donors (Lipinski definition) is 2. The lowest BCUT2D eigenvalue weighted by Crippen LogP contribution is -2.44. The van der Waals surface area contributed by atoms with Gasteiger partial charge >= 0.3 is 12.0 Å². The molecule has 23 heavy (non-hydrogen) atoms. The Hall–Kier alpha value is -2.57. The number of rotatable bonds is 6. The van der Waals surface area contributed by atoms with Crippen LogP contribution in [-0.4, -0.2) is 37.7 Å². The molecule has 0 fully saturated rings. The number of imide groups is 1. The summed E-state index contributed by atoms with van der Waals surface area (Å²) in [5.41, 5.74) is 1.66. The SMILES string of the molecule is COc1ccc(C)cc1CC(=O)OCC(=O)NC(=O)NC(C)C. The first-order chi connectivity index (χ1) is 10.8. The van der Waals surface area contributed by atoms with Crippen LogP contribution in [0, 0.1) is 6.92 Å². The van der Waals surface area contributed by atoms with Gasteiger partial charge in [-0.15, -0.1) is 0 Å². The van der Waals surface area contributed by atoms with Crippen LogP contribution in [0.25, 0.3) is 0 Å². The van der Waals surface area contributed by atoms with Gasteiger partial charge in [-0.2, -0.15) is 0 Å². The highest BCUT2D eigenvalue weighted by Crippen LogP contribution is 2.20. The molecule has 3 amide bonds. The molecule has 0 atom stereocenters. The van der Waals surface area contributed by atoms with E-state index in [1.807, 2.05) is 19.1 Å². The number of ether oxygens (including phenoxy) is 2. The predicted molar refractivity (Wildman–Crippen MR) is 84.2 cm³/mol. The second kappa shape index (κ2) is 8.77. The molecule has 1 aromatic rings. The molecule has 0 aliphatic rings. The van der Waals surface area contributed by atoms with E-state index in [1.165, 1.54) is 7.11 Å². The van der Waals surface area contributed by atoms with Crippen LogP contribution < -0.4 is 15.4 Å². The van der Waals surface area contributed by atoms with Crippen molar-refractivity contribution in [2.45, 2.75) is 33.2 Å². The average molecular weight is 322 g/mol. The third-order valence-corrected chi connectivity index (χ3v) is 2.81. The Bertz CT molecular complexity index is 584. The number of aryl methyl sites for hydroxylation is 1. The maximum atomic E-state index is 11.8. The van der Waals surface area contributed by atoms with Crippen molar-refractivity contribution >= 4 is 17.9 Å². The molecule has 126 valence electrons. The average Bonchev–Trinajstić information content (AvgIpc) is 2.44. The maximum Gasteiger partial charge on any atom is 0.321 e. The first kappa shape index (κ1) is 18.5. The Morgan fingerprint density at radius 1 is 1.22 bits per heavy atom. The molecule has 1 rings (SSSR count). The smallest absolute Gasteiger partial charge is 0.321 e. The lowest BCUT2D eigenvalue weighted by molar-refractivity contribution is -0.147. The van der Waals surface area contributed by atoms with E-state index < -0.39 is 24.5 Å². The minimum absolute atomic E-state index is 0.0175. The summed E-state index contributed by atoms with van der Waals surface area (Å²) >= 11 is 0. The molecule has 7 nitrogen and oxygen atoms in total.